The molecule has 2 aromatic rings. The van der Waals surface area contributed by atoms with E-state index in [1.54, 1.807) is 6.20 Å². The Balaban J connectivity index is 2.16. The molecule has 1 amide bonds. The van der Waals surface area contributed by atoms with Crippen molar-refractivity contribution >= 4 is 23.1 Å². The summed E-state index contributed by atoms with van der Waals surface area (Å²) in [7, 11) is 1.26. The van der Waals surface area contributed by atoms with Crippen LogP contribution < -0.4 is 5.48 Å². The summed E-state index contributed by atoms with van der Waals surface area (Å²) in [5.41, 5.74) is 3.26. The Bertz CT molecular complexity index is 730. The highest BCUT2D eigenvalue weighted by Gasteiger charge is 2.20. The van der Waals surface area contributed by atoms with E-state index in [2.05, 4.69) is 10.2 Å². The lowest BCUT2D eigenvalue weighted by Crippen LogP contribution is -2.26. The molecule has 0 bridgehead atoms. The average Bonchev–Trinajstić information content (AvgIpc) is 2.89. The van der Waals surface area contributed by atoms with Gasteiger partial charge in [0.05, 0.1) is 19.2 Å². The van der Waals surface area contributed by atoms with Crippen molar-refractivity contribution in [3.63, 3.8) is 0 Å². The number of para-hydroxylation sites is 1. The minimum absolute atomic E-state index is 0.247. The topological polar surface area (TPSA) is 78.8 Å². The molecule has 0 radical (unpaired) electrons. The maximum atomic E-state index is 12.4. The maximum Gasteiger partial charge on any atom is 0.431 e. The van der Waals surface area contributed by atoms with Crippen molar-refractivity contribution in [2.24, 2.45) is 0 Å². The van der Waals surface area contributed by atoms with E-state index in [0.29, 0.717) is 6.42 Å². The van der Waals surface area contributed by atoms with Gasteiger partial charge in [-0.2, -0.15) is 5.48 Å². The third-order valence-corrected chi connectivity index (χ3v) is 3.20. The molecule has 0 unspecified atom stereocenters. The second kappa shape index (κ2) is 7.35. The van der Waals surface area contributed by atoms with Crippen LogP contribution in [-0.4, -0.2) is 36.1 Å². The zero-order valence-electron chi connectivity index (χ0n) is 14.3. The van der Waals surface area contributed by atoms with E-state index in [9.17, 15) is 9.59 Å². The highest BCUT2D eigenvalue weighted by Crippen LogP contribution is 2.23. The van der Waals surface area contributed by atoms with Crippen LogP contribution in [0, 0.1) is 0 Å². The Morgan fingerprint density at radius 1 is 1.21 bits per heavy atom. The third kappa shape index (κ3) is 4.48. The Labute approximate surface area is 140 Å². The van der Waals surface area contributed by atoms with Crippen LogP contribution in [0.3, 0.4) is 0 Å². The molecule has 0 aliphatic carbocycles. The molecule has 0 fully saturated rings. The van der Waals surface area contributed by atoms with E-state index in [1.807, 2.05) is 45.0 Å². The molecule has 0 saturated carbocycles. The lowest BCUT2D eigenvalue weighted by molar-refractivity contribution is 0.0369. The third-order valence-electron chi connectivity index (χ3n) is 3.20. The molecule has 0 saturated heterocycles. The predicted octanol–water partition coefficient (Wildman–Crippen LogP) is 3.25. The minimum Gasteiger partial charge on any atom is -0.451 e. The van der Waals surface area contributed by atoms with Gasteiger partial charge in [-0.15, -0.1) is 0 Å². The number of hydrogen-bond acceptors (Lipinski definition) is 5. The number of carbonyl (C=O) groups is 2. The highest BCUT2D eigenvalue weighted by molar-refractivity contribution is 5.92. The SMILES string of the molecule is COC(=O)NOCCc1cn(C(=O)OC(C)(C)C)c2ccccc12. The lowest BCUT2D eigenvalue weighted by Gasteiger charge is -2.19. The number of carbonyl (C=O) groups excluding carboxylic acids is 2. The molecule has 7 nitrogen and oxygen atoms in total. The summed E-state index contributed by atoms with van der Waals surface area (Å²) in [6, 6.07) is 7.55. The average molecular weight is 334 g/mol. The number of benzene rings is 1. The van der Waals surface area contributed by atoms with E-state index in [4.69, 9.17) is 9.57 Å². The molecular formula is C17H22N2O5. The van der Waals surface area contributed by atoms with Crippen LogP contribution in [0.4, 0.5) is 9.59 Å². The van der Waals surface area contributed by atoms with Gasteiger partial charge >= 0.3 is 12.2 Å². The van der Waals surface area contributed by atoms with Crippen LogP contribution in [0.2, 0.25) is 0 Å². The largest absolute Gasteiger partial charge is 0.451 e. The van der Waals surface area contributed by atoms with Gasteiger partial charge in [0.25, 0.3) is 0 Å². The van der Waals surface area contributed by atoms with Crippen LogP contribution in [0.25, 0.3) is 10.9 Å². The standard InChI is InChI=1S/C17H22N2O5/c1-17(2,3)24-16(21)19-11-12(9-10-23-18-15(20)22-4)13-7-5-6-8-14(13)19/h5-8,11H,9-10H2,1-4H3,(H,18,20). The zero-order valence-corrected chi connectivity index (χ0v) is 14.3. The maximum absolute atomic E-state index is 12.4. The first-order valence-corrected chi connectivity index (χ1v) is 7.60. The van der Waals surface area contributed by atoms with Gasteiger partial charge in [0.1, 0.15) is 5.60 Å². The Morgan fingerprint density at radius 2 is 1.92 bits per heavy atom. The van der Waals surface area contributed by atoms with Gasteiger partial charge in [-0.05, 0) is 32.4 Å². The highest BCUT2D eigenvalue weighted by atomic mass is 16.7. The van der Waals surface area contributed by atoms with E-state index >= 15 is 0 Å². The summed E-state index contributed by atoms with van der Waals surface area (Å²) in [4.78, 5) is 28.4. The van der Waals surface area contributed by atoms with Crippen LogP contribution in [-0.2, 0) is 20.7 Å². The van der Waals surface area contributed by atoms with Crippen LogP contribution in [0.5, 0.6) is 0 Å². The van der Waals surface area contributed by atoms with Gasteiger partial charge in [-0.3, -0.25) is 9.40 Å². The van der Waals surface area contributed by atoms with Gasteiger partial charge < -0.3 is 9.47 Å². The number of amides is 1. The molecule has 1 aromatic carbocycles. The van der Waals surface area contributed by atoms with E-state index in [-0.39, 0.29) is 6.61 Å². The summed E-state index contributed by atoms with van der Waals surface area (Å²) >= 11 is 0. The van der Waals surface area contributed by atoms with Crippen molar-refractivity contribution in [1.29, 1.82) is 0 Å². The van der Waals surface area contributed by atoms with Crippen LogP contribution in [0.15, 0.2) is 30.5 Å². The van der Waals surface area contributed by atoms with E-state index in [1.165, 1.54) is 11.7 Å². The summed E-state index contributed by atoms with van der Waals surface area (Å²) in [6.45, 7) is 5.72. The summed E-state index contributed by atoms with van der Waals surface area (Å²) in [5, 5.41) is 0.935. The van der Waals surface area contributed by atoms with Crippen molar-refractivity contribution in [2.45, 2.75) is 32.8 Å². The molecule has 1 N–H and O–H groups in total. The summed E-state index contributed by atoms with van der Waals surface area (Å²) in [6.07, 6.45) is 1.16. The fourth-order valence-electron chi connectivity index (χ4n) is 2.22. The molecule has 1 aromatic heterocycles. The van der Waals surface area contributed by atoms with Crippen LogP contribution >= 0.6 is 0 Å². The fraction of sp³-hybridized carbons (Fsp3) is 0.412. The molecule has 2 rings (SSSR count). The Morgan fingerprint density at radius 3 is 2.58 bits per heavy atom. The Kier molecular flexibility index (Phi) is 5.46. The van der Waals surface area contributed by atoms with E-state index in [0.717, 1.165) is 16.5 Å². The molecule has 0 spiro atoms. The zero-order chi connectivity index (χ0) is 17.7. The van der Waals surface area contributed by atoms with Crippen molar-refractivity contribution in [1.82, 2.24) is 10.0 Å². The summed E-state index contributed by atoms with van der Waals surface area (Å²) < 4.78 is 11.3. The molecule has 0 atom stereocenters. The molecule has 130 valence electrons. The number of nitrogens with zero attached hydrogens (tertiary/aromatic N) is 1. The quantitative estimate of drug-likeness (QED) is 0.686. The second-order valence-corrected chi connectivity index (χ2v) is 6.21. The van der Waals surface area contributed by atoms with Crippen molar-refractivity contribution in [3.8, 4) is 0 Å². The predicted molar refractivity (Wildman–Crippen MR) is 88.8 cm³/mol. The smallest absolute Gasteiger partial charge is 0.431 e. The normalized spacial score (nSPS) is 11.3. The number of fused-ring (bicyclic) bond motifs is 1. The number of hydrogen-bond donors (Lipinski definition) is 1. The molecule has 24 heavy (non-hydrogen) atoms. The lowest BCUT2D eigenvalue weighted by atomic mass is 10.1. The van der Waals surface area contributed by atoms with Crippen LogP contribution in [0.1, 0.15) is 26.3 Å². The van der Waals surface area contributed by atoms with Crippen molar-refractivity contribution < 1.29 is 23.9 Å². The monoisotopic (exact) mass is 334 g/mol. The molecule has 7 heteroatoms. The van der Waals surface area contributed by atoms with Gasteiger partial charge in [0.2, 0.25) is 0 Å². The van der Waals surface area contributed by atoms with E-state index < -0.39 is 17.8 Å². The van der Waals surface area contributed by atoms with Gasteiger partial charge in [-0.25, -0.2) is 9.59 Å². The summed E-state index contributed by atoms with van der Waals surface area (Å²) in [5.74, 6) is 0. The first-order chi connectivity index (χ1) is 11.3. The van der Waals surface area contributed by atoms with Gasteiger partial charge in [0, 0.05) is 18.0 Å². The molecule has 0 aliphatic heterocycles. The molecule has 1 heterocycles. The number of rotatable bonds is 4. The van der Waals surface area contributed by atoms with Gasteiger partial charge in [-0.1, -0.05) is 18.2 Å². The first kappa shape index (κ1) is 17.8. The first-order valence-electron chi connectivity index (χ1n) is 7.60. The number of aromatic nitrogens is 1. The van der Waals surface area contributed by atoms with Crippen molar-refractivity contribution in [3.05, 3.63) is 36.0 Å². The fourth-order valence-corrected chi connectivity index (χ4v) is 2.22. The minimum atomic E-state index is -0.661. The Hall–Kier alpha value is -2.54. The number of methoxy groups -OCH3 is 1. The number of nitrogens with one attached hydrogen (secondary N) is 1. The second-order valence-electron chi connectivity index (χ2n) is 6.21. The molecular weight excluding hydrogens is 312 g/mol. The number of ether oxygens (including phenoxy) is 2. The molecule has 0 aliphatic rings. The van der Waals surface area contributed by atoms with Crippen molar-refractivity contribution in [2.75, 3.05) is 13.7 Å². The van der Waals surface area contributed by atoms with Gasteiger partial charge in [0.15, 0.2) is 0 Å². The number of hydroxylamine groups is 1.